The van der Waals surface area contributed by atoms with Crippen molar-refractivity contribution < 1.29 is 14.6 Å². The molecule has 5 heteroatoms. The van der Waals surface area contributed by atoms with Gasteiger partial charge in [-0.1, -0.05) is 57.5 Å². The number of nitrogens with one attached hydrogen (secondary N) is 1. The normalized spacial score (nSPS) is 50.6. The molecule has 5 nitrogen and oxygen atoms in total. The molecule has 8 rings (SSSR count). The molecule has 1 amide bonds. The minimum absolute atomic E-state index is 0.0236. The summed E-state index contributed by atoms with van der Waals surface area (Å²) in [5.74, 6) is 3.61. The maximum atomic E-state index is 12.7. The molecule has 1 aromatic carbocycles. The smallest absolute Gasteiger partial charge is 0.251 e. The maximum Gasteiger partial charge on any atom is 0.251 e. The van der Waals surface area contributed by atoms with Crippen molar-refractivity contribution >= 4 is 5.91 Å². The lowest BCUT2D eigenvalue weighted by Gasteiger charge is -2.50. The molecule has 2 N–H and O–H groups in total. The number of carbonyl (C=O) groups excluding carboxylic acids is 1. The first-order chi connectivity index (χ1) is 20.1. The van der Waals surface area contributed by atoms with Crippen LogP contribution < -0.4 is 5.32 Å². The fourth-order valence-corrected chi connectivity index (χ4v) is 12.8. The molecule has 0 aromatic heterocycles. The van der Waals surface area contributed by atoms with Gasteiger partial charge in [0.15, 0.2) is 0 Å². The zero-order chi connectivity index (χ0) is 29.1. The van der Waals surface area contributed by atoms with E-state index in [1.54, 1.807) is 5.57 Å². The van der Waals surface area contributed by atoms with Crippen LogP contribution >= 0.6 is 0 Å². The van der Waals surface area contributed by atoms with Crippen molar-refractivity contribution in [2.45, 2.75) is 109 Å². The average Bonchev–Trinajstić information content (AvgIpc) is 3.31. The molecule has 228 valence electrons. The Labute approximate surface area is 252 Å². The van der Waals surface area contributed by atoms with Crippen molar-refractivity contribution in [3.05, 3.63) is 47.5 Å². The molecule has 42 heavy (non-hydrogen) atoms. The van der Waals surface area contributed by atoms with Gasteiger partial charge >= 0.3 is 0 Å². The topological polar surface area (TPSA) is 61.8 Å². The first-order valence-electron chi connectivity index (χ1n) is 17.3. The van der Waals surface area contributed by atoms with Crippen LogP contribution in [0.15, 0.2) is 42.0 Å². The number of hydrogen-bond donors (Lipinski definition) is 2. The van der Waals surface area contributed by atoms with Gasteiger partial charge in [0.25, 0.3) is 5.91 Å². The van der Waals surface area contributed by atoms with E-state index < -0.39 is 0 Å². The highest BCUT2D eigenvalue weighted by atomic mass is 16.5. The third-order valence-electron chi connectivity index (χ3n) is 14.7. The van der Waals surface area contributed by atoms with Crippen LogP contribution in [0.25, 0.3) is 0 Å². The van der Waals surface area contributed by atoms with Crippen LogP contribution in [0.3, 0.4) is 0 Å². The second kappa shape index (κ2) is 9.41. The highest BCUT2D eigenvalue weighted by Crippen LogP contribution is 2.87. The quantitative estimate of drug-likeness (QED) is 0.421. The SMILES string of the molecule is C[C@H]1C[C@H]2O[C@]3(CC[C@H]4[C@@H]5CCC6=C[C@@H](O)CC[C@]6(C)[C@H]5CC45CC53C)[C@H](C)[C@@H]2N(CCNC(=O)c2ccccc2)C1. The van der Waals surface area contributed by atoms with Gasteiger partial charge in [-0.3, -0.25) is 9.69 Å². The van der Waals surface area contributed by atoms with E-state index >= 15 is 0 Å². The summed E-state index contributed by atoms with van der Waals surface area (Å²) in [6, 6.07) is 10.0. The van der Waals surface area contributed by atoms with Gasteiger partial charge in [-0.05, 0) is 104 Å². The second-order valence-corrected chi connectivity index (χ2v) is 16.3. The number of rotatable bonds is 4. The molecule has 4 saturated carbocycles. The van der Waals surface area contributed by atoms with Gasteiger partial charge in [0.1, 0.15) is 0 Å². The number of fused-ring (bicyclic) bond motifs is 6. The molecule has 12 atom stereocenters. The highest BCUT2D eigenvalue weighted by molar-refractivity contribution is 5.94. The molecule has 7 aliphatic rings. The number of hydrogen-bond acceptors (Lipinski definition) is 4. The lowest BCUT2D eigenvalue weighted by Crippen LogP contribution is -2.55. The number of allylic oxidation sites excluding steroid dienone is 1. The summed E-state index contributed by atoms with van der Waals surface area (Å²) in [7, 11) is 0. The van der Waals surface area contributed by atoms with Crippen LogP contribution in [0.4, 0.5) is 0 Å². The van der Waals surface area contributed by atoms with E-state index in [0.29, 0.717) is 35.9 Å². The average molecular weight is 573 g/mol. The van der Waals surface area contributed by atoms with Crippen molar-refractivity contribution in [3.63, 3.8) is 0 Å². The van der Waals surface area contributed by atoms with Crippen molar-refractivity contribution in [1.29, 1.82) is 0 Å². The van der Waals surface area contributed by atoms with Crippen LogP contribution in [0.2, 0.25) is 0 Å². The third-order valence-corrected chi connectivity index (χ3v) is 14.7. The van der Waals surface area contributed by atoms with E-state index in [1.807, 2.05) is 30.3 Å². The number of piperidine rings is 1. The van der Waals surface area contributed by atoms with Crippen molar-refractivity contribution in [2.24, 2.45) is 45.8 Å². The van der Waals surface area contributed by atoms with Gasteiger partial charge in [0.05, 0.1) is 17.8 Å². The Morgan fingerprint density at radius 3 is 2.71 bits per heavy atom. The summed E-state index contributed by atoms with van der Waals surface area (Å²) in [6.07, 6.45) is 13.4. The first kappa shape index (κ1) is 27.8. The fourth-order valence-electron chi connectivity index (χ4n) is 12.8. The Kier molecular flexibility index (Phi) is 6.23. The molecule has 2 heterocycles. The molecule has 2 aliphatic heterocycles. The Balaban J connectivity index is 1.02. The van der Waals surface area contributed by atoms with E-state index in [0.717, 1.165) is 55.7 Å². The summed E-state index contributed by atoms with van der Waals surface area (Å²) in [5.41, 5.74) is 3.29. The van der Waals surface area contributed by atoms with Crippen LogP contribution in [0, 0.1) is 45.8 Å². The van der Waals surface area contributed by atoms with Gasteiger partial charge in [0.2, 0.25) is 0 Å². The van der Waals surface area contributed by atoms with Crippen molar-refractivity contribution in [3.8, 4) is 0 Å². The third kappa shape index (κ3) is 3.62. The number of benzene rings is 1. The van der Waals surface area contributed by atoms with Gasteiger partial charge in [-0.2, -0.15) is 0 Å². The Bertz CT molecular complexity index is 1280. The number of likely N-dealkylation sites (tertiary alicyclic amines) is 1. The van der Waals surface area contributed by atoms with E-state index in [1.165, 1.54) is 38.5 Å². The second-order valence-electron chi connectivity index (χ2n) is 16.3. The fraction of sp³-hybridized carbons (Fsp3) is 0.757. The Morgan fingerprint density at radius 2 is 1.90 bits per heavy atom. The maximum absolute atomic E-state index is 12.7. The van der Waals surface area contributed by atoms with Gasteiger partial charge < -0.3 is 15.2 Å². The van der Waals surface area contributed by atoms with Crippen molar-refractivity contribution in [1.82, 2.24) is 10.2 Å². The number of carbonyl (C=O) groups is 1. The molecule has 2 spiro atoms. The first-order valence-corrected chi connectivity index (χ1v) is 17.3. The Morgan fingerprint density at radius 1 is 1.10 bits per heavy atom. The number of aliphatic hydroxyl groups is 1. The number of nitrogens with zero attached hydrogens (tertiary/aromatic N) is 1. The van der Waals surface area contributed by atoms with E-state index in [4.69, 9.17) is 4.74 Å². The van der Waals surface area contributed by atoms with Crippen LogP contribution in [-0.2, 0) is 4.74 Å². The number of aliphatic hydroxyl groups excluding tert-OH is 1. The standard InChI is InChI=1S/C37H52N2O3/c1-23-18-31-32(39(21-23)17-16-38-33(41)25-8-6-5-7-9-25)24(2)37(42-31)15-13-29-28-11-10-26-19-27(40)12-14-34(26,3)30(28)20-36(29)22-35(36,37)4/h5-9,19,23-24,27-32,40H,10-18,20-22H2,1-4H3,(H,38,41)/t23-,24+,27-,28-,29-,30-,31+,32-,34-,35?,36?,37+/m0/s1. The predicted molar refractivity (Wildman–Crippen MR) is 165 cm³/mol. The van der Waals surface area contributed by atoms with Crippen LogP contribution in [0.1, 0.15) is 95.8 Å². The molecule has 0 bridgehead atoms. The zero-order valence-corrected chi connectivity index (χ0v) is 26.3. The summed E-state index contributed by atoms with van der Waals surface area (Å²) in [5, 5.41) is 13.6. The summed E-state index contributed by atoms with van der Waals surface area (Å²) < 4.78 is 7.49. The largest absolute Gasteiger partial charge is 0.389 e. The summed E-state index contributed by atoms with van der Waals surface area (Å²) in [4.78, 5) is 15.4. The Hall–Kier alpha value is -1.69. The molecule has 2 saturated heterocycles. The molecule has 5 aliphatic carbocycles. The van der Waals surface area contributed by atoms with Crippen LogP contribution in [-0.4, -0.2) is 59.4 Å². The van der Waals surface area contributed by atoms with Crippen LogP contribution in [0.5, 0.6) is 0 Å². The number of ether oxygens (including phenoxy) is 1. The lowest BCUT2D eigenvalue weighted by molar-refractivity contribution is -0.148. The van der Waals surface area contributed by atoms with Gasteiger partial charge in [-0.25, -0.2) is 0 Å². The van der Waals surface area contributed by atoms with E-state index in [-0.39, 0.29) is 28.4 Å². The predicted octanol–water partition coefficient (Wildman–Crippen LogP) is 6.22. The molecule has 1 aromatic rings. The molecule has 0 radical (unpaired) electrons. The minimum atomic E-state index is -0.228. The molecule has 6 fully saturated rings. The van der Waals surface area contributed by atoms with Gasteiger partial charge in [0, 0.05) is 42.6 Å². The zero-order valence-electron chi connectivity index (χ0n) is 26.3. The number of amides is 1. The molecular formula is C37H52N2O3. The van der Waals surface area contributed by atoms with E-state index in [9.17, 15) is 9.90 Å². The van der Waals surface area contributed by atoms with Gasteiger partial charge in [-0.15, -0.1) is 0 Å². The summed E-state index contributed by atoms with van der Waals surface area (Å²) in [6.45, 7) is 12.8. The highest BCUT2D eigenvalue weighted by Gasteiger charge is 2.84. The molecule has 2 unspecified atom stereocenters. The van der Waals surface area contributed by atoms with E-state index in [2.05, 4.69) is 44.0 Å². The monoisotopic (exact) mass is 572 g/mol. The summed E-state index contributed by atoms with van der Waals surface area (Å²) >= 11 is 0. The lowest BCUT2D eigenvalue weighted by atomic mass is 9.56. The van der Waals surface area contributed by atoms with Crippen molar-refractivity contribution in [2.75, 3.05) is 19.6 Å². The minimum Gasteiger partial charge on any atom is -0.389 e. The molecular weight excluding hydrogens is 520 g/mol.